The van der Waals surface area contributed by atoms with E-state index in [1.54, 1.807) is 41.5 Å². The molecule has 0 spiro atoms. The molecule has 0 radical (unpaired) electrons. The van der Waals surface area contributed by atoms with Crippen LogP contribution in [-0.2, 0) is 46.5 Å². The number of aromatic amines is 1. The first kappa shape index (κ1) is 44.4. The Morgan fingerprint density at radius 3 is 2.04 bits per heavy atom. The van der Waals surface area contributed by atoms with Gasteiger partial charge in [0, 0.05) is 43.2 Å². The van der Waals surface area contributed by atoms with Crippen molar-refractivity contribution in [1.82, 2.24) is 14.2 Å². The van der Waals surface area contributed by atoms with E-state index in [4.69, 9.17) is 32.3 Å². The topological polar surface area (TPSA) is 198 Å². The van der Waals surface area contributed by atoms with E-state index in [-0.39, 0.29) is 31.5 Å². The van der Waals surface area contributed by atoms with Gasteiger partial charge in [-0.15, -0.1) is 0 Å². The predicted octanol–water partition coefficient (Wildman–Crippen LogP) is 5.61. The van der Waals surface area contributed by atoms with Gasteiger partial charge in [-0.1, -0.05) is 6.08 Å². The van der Waals surface area contributed by atoms with Crippen molar-refractivity contribution in [3.63, 3.8) is 0 Å². The minimum atomic E-state index is -4.28. The molecule has 0 bridgehead atoms. The minimum absolute atomic E-state index is 0.0270. The Balaban J connectivity index is 2.59. The van der Waals surface area contributed by atoms with Crippen LogP contribution in [0, 0.1) is 28.1 Å². The summed E-state index contributed by atoms with van der Waals surface area (Å²) in [5.74, 6) is -0.679. The molecule has 2 rings (SSSR count). The highest BCUT2D eigenvalue weighted by Crippen LogP contribution is 2.54. The number of aromatic nitrogens is 2. The standard InChI is InChI=1S/C33H54N4O12P2/c1-22(2)37(23(3)4)50(46-17-12-15-34)49-27-24(19-25(28(27)43-11)36-16-13-26(38)35-31(36)41)14-18-51(42,47-20-44-29(39)32(5,6)7)48-21-45-30(40)33(8,9)10/h13-14,16,18,22-25,27-28H,12,17,19-21H2,1-11H3,(H,35,38,41)/b18-14+/t24-,25+,27?,28?,50?/m0/s1. The maximum Gasteiger partial charge on any atom is 0.359 e. The van der Waals surface area contributed by atoms with E-state index in [2.05, 4.69) is 11.1 Å². The molecular formula is C33H54N4O12P2. The molecule has 1 heterocycles. The van der Waals surface area contributed by atoms with E-state index in [0.717, 1.165) is 5.82 Å². The Morgan fingerprint density at radius 1 is 1.04 bits per heavy atom. The van der Waals surface area contributed by atoms with E-state index in [1.807, 2.05) is 32.4 Å². The SMILES string of the molecule is COC1C(OP(OCCC#N)N(C(C)C)C(C)C)[C@@H](/C=C/P(=O)(OCOC(=O)C(C)(C)C)OCOC(=O)C(C)(C)C)C[C@H]1n1ccc(=O)[nH]c1=O. The summed E-state index contributed by atoms with van der Waals surface area (Å²) < 4.78 is 57.6. The number of carbonyl (C=O) groups excluding carboxylic acids is 2. The van der Waals surface area contributed by atoms with E-state index >= 15 is 0 Å². The molecule has 1 aliphatic rings. The van der Waals surface area contributed by atoms with Gasteiger partial charge in [0.15, 0.2) is 0 Å². The molecule has 0 saturated heterocycles. The Hall–Kier alpha value is -2.73. The highest BCUT2D eigenvalue weighted by molar-refractivity contribution is 7.57. The van der Waals surface area contributed by atoms with Crippen molar-refractivity contribution in [2.45, 2.75) is 112 Å². The number of nitrogens with zero attached hydrogens (tertiary/aromatic N) is 3. The number of methoxy groups -OCH3 is 1. The monoisotopic (exact) mass is 760 g/mol. The Kier molecular flexibility index (Phi) is 16.9. The molecule has 1 aliphatic carbocycles. The molecule has 1 aromatic heterocycles. The molecule has 5 atom stereocenters. The van der Waals surface area contributed by atoms with Crippen LogP contribution >= 0.6 is 16.1 Å². The van der Waals surface area contributed by atoms with Crippen molar-refractivity contribution < 1.29 is 46.5 Å². The molecule has 0 aliphatic heterocycles. The number of ether oxygens (including phenoxy) is 3. The third-order valence-electron chi connectivity index (χ3n) is 7.58. The molecule has 16 nitrogen and oxygen atoms in total. The number of carbonyl (C=O) groups is 2. The van der Waals surface area contributed by atoms with Crippen LogP contribution in [0.1, 0.15) is 88.1 Å². The van der Waals surface area contributed by atoms with Crippen molar-refractivity contribution in [3.8, 4) is 6.07 Å². The number of nitrogens with one attached hydrogen (secondary N) is 1. The summed E-state index contributed by atoms with van der Waals surface area (Å²) in [6, 6.07) is 2.57. The van der Waals surface area contributed by atoms with Crippen LogP contribution in [0.2, 0.25) is 0 Å². The van der Waals surface area contributed by atoms with E-state index in [0.29, 0.717) is 0 Å². The van der Waals surface area contributed by atoms with Crippen LogP contribution in [0.15, 0.2) is 33.7 Å². The van der Waals surface area contributed by atoms with Gasteiger partial charge in [-0.25, -0.2) is 9.46 Å². The molecule has 288 valence electrons. The summed E-state index contributed by atoms with van der Waals surface area (Å²) in [6.45, 7) is 16.5. The number of hydrogen-bond acceptors (Lipinski definition) is 14. The Labute approximate surface area is 301 Å². The van der Waals surface area contributed by atoms with Crippen molar-refractivity contribution in [3.05, 3.63) is 45.0 Å². The predicted molar refractivity (Wildman–Crippen MR) is 189 cm³/mol. The van der Waals surface area contributed by atoms with E-state index in [1.165, 1.54) is 30.0 Å². The maximum atomic E-state index is 14.1. The molecule has 51 heavy (non-hydrogen) atoms. The number of H-pyrrole nitrogens is 1. The smallest absolute Gasteiger partial charge is 0.359 e. The van der Waals surface area contributed by atoms with E-state index < -0.39 is 87.9 Å². The third kappa shape index (κ3) is 13.3. The van der Waals surface area contributed by atoms with Gasteiger partial charge in [0.2, 0.25) is 13.6 Å². The maximum absolute atomic E-state index is 14.1. The summed E-state index contributed by atoms with van der Waals surface area (Å²) >= 11 is 0. The quantitative estimate of drug-likeness (QED) is 0.0839. The van der Waals surface area contributed by atoms with Crippen molar-refractivity contribution >= 4 is 28.1 Å². The zero-order chi connectivity index (χ0) is 38.7. The number of rotatable bonds is 18. The zero-order valence-electron chi connectivity index (χ0n) is 31.4. The fourth-order valence-corrected chi connectivity index (χ4v) is 7.93. The molecule has 1 N–H and O–H groups in total. The van der Waals surface area contributed by atoms with Gasteiger partial charge in [-0.3, -0.25) is 37.5 Å². The molecule has 1 fully saturated rings. The first-order valence-corrected chi connectivity index (χ1v) is 19.4. The lowest BCUT2D eigenvalue weighted by molar-refractivity contribution is -0.161. The summed E-state index contributed by atoms with van der Waals surface area (Å²) in [7, 11) is -4.62. The lowest BCUT2D eigenvalue weighted by Gasteiger charge is -2.38. The number of hydrogen-bond donors (Lipinski definition) is 1. The zero-order valence-corrected chi connectivity index (χ0v) is 33.2. The van der Waals surface area contributed by atoms with Crippen LogP contribution in [0.4, 0.5) is 0 Å². The van der Waals surface area contributed by atoms with Gasteiger partial charge in [0.05, 0.1) is 36.0 Å². The fourth-order valence-electron chi connectivity index (χ4n) is 5.06. The largest absolute Gasteiger partial charge is 0.438 e. The normalized spacial score (nSPS) is 20.6. The summed E-state index contributed by atoms with van der Waals surface area (Å²) in [4.78, 5) is 51.9. The van der Waals surface area contributed by atoms with Crippen molar-refractivity contribution in [1.29, 1.82) is 5.26 Å². The lowest BCUT2D eigenvalue weighted by atomic mass is 9.98. The highest BCUT2D eigenvalue weighted by Gasteiger charge is 2.48. The fraction of sp³-hybridized carbons (Fsp3) is 0.727. The Morgan fingerprint density at radius 2 is 1.59 bits per heavy atom. The van der Waals surface area contributed by atoms with Crippen molar-refractivity contribution in [2.75, 3.05) is 27.3 Å². The lowest BCUT2D eigenvalue weighted by Crippen LogP contribution is -2.40. The third-order valence-corrected chi connectivity index (χ3v) is 11.2. The van der Waals surface area contributed by atoms with Crippen LogP contribution < -0.4 is 11.2 Å². The minimum Gasteiger partial charge on any atom is -0.438 e. The average molecular weight is 761 g/mol. The van der Waals surface area contributed by atoms with Gasteiger partial charge in [0.1, 0.15) is 12.2 Å². The average Bonchev–Trinajstić information content (AvgIpc) is 3.35. The molecule has 3 unspecified atom stereocenters. The van der Waals surface area contributed by atoms with Gasteiger partial charge < -0.3 is 23.3 Å². The second kappa shape index (κ2) is 19.4. The first-order valence-electron chi connectivity index (χ1n) is 16.7. The molecule has 1 saturated carbocycles. The summed E-state index contributed by atoms with van der Waals surface area (Å²) in [5, 5.41) is 9.19. The number of esters is 2. The van der Waals surface area contributed by atoms with E-state index in [9.17, 15) is 29.0 Å². The highest BCUT2D eigenvalue weighted by atomic mass is 31.2. The Bertz CT molecular complexity index is 1500. The van der Waals surface area contributed by atoms with Gasteiger partial charge in [-0.2, -0.15) is 5.26 Å². The number of nitriles is 1. The van der Waals surface area contributed by atoms with Gasteiger partial charge in [-0.05, 0) is 75.7 Å². The molecule has 18 heteroatoms. The van der Waals surface area contributed by atoms with Crippen molar-refractivity contribution in [2.24, 2.45) is 16.7 Å². The second-order valence-electron chi connectivity index (χ2n) is 14.5. The van der Waals surface area contributed by atoms with Gasteiger partial charge >= 0.3 is 25.2 Å². The molecule has 0 aromatic carbocycles. The molecule has 1 aromatic rings. The summed E-state index contributed by atoms with van der Waals surface area (Å²) in [5.41, 5.74) is -2.95. The molecule has 0 amide bonds. The van der Waals surface area contributed by atoms with Crippen LogP contribution in [0.5, 0.6) is 0 Å². The summed E-state index contributed by atoms with van der Waals surface area (Å²) in [6.07, 6.45) is 1.62. The first-order chi connectivity index (χ1) is 23.6. The van der Waals surface area contributed by atoms with Gasteiger partial charge in [0.25, 0.3) is 14.1 Å². The molecular weight excluding hydrogens is 706 g/mol. The van der Waals surface area contributed by atoms with Crippen LogP contribution in [-0.4, -0.2) is 77.8 Å². The van der Waals surface area contributed by atoms with Crippen LogP contribution in [0.25, 0.3) is 0 Å². The second-order valence-corrected chi connectivity index (χ2v) is 17.8. The van der Waals surface area contributed by atoms with Crippen LogP contribution in [0.3, 0.4) is 0 Å².